The highest BCUT2D eigenvalue weighted by Crippen LogP contribution is 2.29. The summed E-state index contributed by atoms with van der Waals surface area (Å²) in [5.74, 6) is 1.74. The van der Waals surface area contributed by atoms with E-state index in [-0.39, 0.29) is 5.92 Å². The predicted octanol–water partition coefficient (Wildman–Crippen LogP) is 2.59. The summed E-state index contributed by atoms with van der Waals surface area (Å²) >= 11 is 6.44. The van der Waals surface area contributed by atoms with Crippen LogP contribution in [0.5, 0.6) is 0 Å². The number of nitrogens with zero attached hydrogens (tertiary/aromatic N) is 5. The van der Waals surface area contributed by atoms with Gasteiger partial charge in [0.1, 0.15) is 5.15 Å². The molecule has 2 aromatic heterocycles. The summed E-state index contributed by atoms with van der Waals surface area (Å²) in [7, 11) is 3.57. The van der Waals surface area contributed by atoms with E-state index >= 15 is 0 Å². The van der Waals surface area contributed by atoms with E-state index < -0.39 is 0 Å². The van der Waals surface area contributed by atoms with Crippen molar-refractivity contribution in [3.8, 4) is 0 Å². The molecule has 0 saturated carbocycles. The molecule has 1 fully saturated rings. The average molecular weight is 368 g/mol. The lowest BCUT2D eigenvalue weighted by Gasteiger charge is -2.30. The topological polar surface area (TPSA) is 69.2 Å². The van der Waals surface area contributed by atoms with E-state index in [1.165, 1.54) is 0 Å². The zero-order chi connectivity index (χ0) is 17.8. The minimum Gasteiger partial charge on any atom is -0.384 e. The summed E-state index contributed by atoms with van der Waals surface area (Å²) < 4.78 is 12.3. The standard InChI is InChI=1S/C17H26ClN5O2/c1-4-14-13(16(18)22(2)20-14)11-23-8-5-6-12(10-23)17-19-15(21-25-17)7-9-24-3/h12H,4-11H2,1-3H3/t12-/m1/s1. The van der Waals surface area contributed by atoms with Gasteiger partial charge in [0.05, 0.1) is 18.2 Å². The van der Waals surface area contributed by atoms with E-state index in [0.29, 0.717) is 13.0 Å². The lowest BCUT2D eigenvalue weighted by Crippen LogP contribution is -2.34. The van der Waals surface area contributed by atoms with E-state index in [1.54, 1.807) is 11.8 Å². The quantitative estimate of drug-likeness (QED) is 0.749. The van der Waals surface area contributed by atoms with Gasteiger partial charge < -0.3 is 9.26 Å². The molecule has 3 rings (SSSR count). The Labute approximate surface area is 153 Å². The number of aryl methyl sites for hydroxylation is 2. The second-order valence-corrected chi connectivity index (χ2v) is 6.92. The van der Waals surface area contributed by atoms with Crippen LogP contribution in [0.4, 0.5) is 0 Å². The van der Waals surface area contributed by atoms with E-state index in [1.807, 2.05) is 7.05 Å². The van der Waals surface area contributed by atoms with Crippen molar-refractivity contribution in [3.63, 3.8) is 0 Å². The molecule has 25 heavy (non-hydrogen) atoms. The van der Waals surface area contributed by atoms with E-state index in [2.05, 4.69) is 27.1 Å². The van der Waals surface area contributed by atoms with Crippen molar-refractivity contribution >= 4 is 11.6 Å². The first kappa shape index (κ1) is 18.4. The van der Waals surface area contributed by atoms with Crippen LogP contribution >= 0.6 is 11.6 Å². The molecule has 0 unspecified atom stereocenters. The van der Waals surface area contributed by atoms with Gasteiger partial charge in [-0.3, -0.25) is 9.58 Å². The van der Waals surface area contributed by atoms with Gasteiger partial charge in [-0.05, 0) is 25.8 Å². The highest BCUT2D eigenvalue weighted by Gasteiger charge is 2.27. The first-order valence-corrected chi connectivity index (χ1v) is 9.24. The molecule has 2 aromatic rings. The van der Waals surface area contributed by atoms with Crippen LogP contribution in [-0.2, 0) is 31.2 Å². The third-order valence-corrected chi connectivity index (χ3v) is 5.21. The number of methoxy groups -OCH3 is 1. The first-order chi connectivity index (χ1) is 12.1. The minimum absolute atomic E-state index is 0.276. The van der Waals surface area contributed by atoms with Gasteiger partial charge in [0.2, 0.25) is 5.89 Å². The minimum atomic E-state index is 0.276. The summed E-state index contributed by atoms with van der Waals surface area (Å²) in [5.41, 5.74) is 2.22. The first-order valence-electron chi connectivity index (χ1n) is 8.86. The Morgan fingerprint density at radius 1 is 1.40 bits per heavy atom. The van der Waals surface area contributed by atoms with Crippen molar-refractivity contribution in [1.82, 2.24) is 24.8 Å². The fraction of sp³-hybridized carbons (Fsp3) is 0.706. The predicted molar refractivity (Wildman–Crippen MR) is 94.7 cm³/mol. The Morgan fingerprint density at radius 3 is 3.00 bits per heavy atom. The molecule has 1 saturated heterocycles. The molecular weight excluding hydrogens is 342 g/mol. The van der Waals surface area contributed by atoms with Crippen molar-refractivity contribution in [3.05, 3.63) is 28.1 Å². The second-order valence-electron chi connectivity index (χ2n) is 6.56. The van der Waals surface area contributed by atoms with Crippen LogP contribution in [0.2, 0.25) is 5.15 Å². The third kappa shape index (κ3) is 4.22. The fourth-order valence-electron chi connectivity index (χ4n) is 3.39. The Hall–Kier alpha value is -1.44. The molecular formula is C17H26ClN5O2. The van der Waals surface area contributed by atoms with Crippen LogP contribution in [0, 0.1) is 0 Å². The summed E-state index contributed by atoms with van der Waals surface area (Å²) in [4.78, 5) is 6.95. The van der Waals surface area contributed by atoms with E-state index in [9.17, 15) is 0 Å². The molecule has 0 radical (unpaired) electrons. The molecule has 0 amide bonds. The largest absolute Gasteiger partial charge is 0.384 e. The Morgan fingerprint density at radius 2 is 2.24 bits per heavy atom. The van der Waals surface area contributed by atoms with E-state index in [4.69, 9.17) is 20.9 Å². The number of rotatable bonds is 7. The van der Waals surface area contributed by atoms with Crippen molar-refractivity contribution < 1.29 is 9.26 Å². The maximum absolute atomic E-state index is 6.44. The summed E-state index contributed by atoms with van der Waals surface area (Å²) in [6.45, 7) is 5.49. The van der Waals surface area contributed by atoms with Gasteiger partial charge in [-0.2, -0.15) is 10.1 Å². The van der Waals surface area contributed by atoms with Gasteiger partial charge in [-0.15, -0.1) is 0 Å². The number of hydrogen-bond acceptors (Lipinski definition) is 6. The van der Waals surface area contributed by atoms with Gasteiger partial charge >= 0.3 is 0 Å². The van der Waals surface area contributed by atoms with Gasteiger partial charge in [-0.1, -0.05) is 23.7 Å². The van der Waals surface area contributed by atoms with Gasteiger partial charge in [0.15, 0.2) is 5.82 Å². The Kier molecular flexibility index (Phi) is 6.09. The third-order valence-electron chi connectivity index (χ3n) is 4.74. The van der Waals surface area contributed by atoms with Gasteiger partial charge in [-0.25, -0.2) is 0 Å². The normalized spacial score (nSPS) is 18.8. The molecule has 3 heterocycles. The Bertz CT molecular complexity index is 699. The van der Waals surface area contributed by atoms with E-state index in [0.717, 1.165) is 67.0 Å². The van der Waals surface area contributed by atoms with Crippen molar-refractivity contribution in [1.29, 1.82) is 0 Å². The van der Waals surface area contributed by atoms with Gasteiger partial charge in [0.25, 0.3) is 0 Å². The molecule has 0 aliphatic carbocycles. The molecule has 0 N–H and O–H groups in total. The van der Waals surface area contributed by atoms with Crippen LogP contribution in [0.15, 0.2) is 4.52 Å². The molecule has 7 nitrogen and oxygen atoms in total. The summed E-state index contributed by atoms with van der Waals surface area (Å²) in [6.07, 6.45) is 3.75. The number of piperidine rings is 1. The number of ether oxygens (including phenoxy) is 1. The fourth-order valence-corrected chi connectivity index (χ4v) is 3.60. The number of halogens is 1. The molecule has 1 aliphatic rings. The zero-order valence-corrected chi connectivity index (χ0v) is 15.9. The molecule has 1 atom stereocenters. The average Bonchev–Trinajstić information content (AvgIpc) is 3.20. The summed E-state index contributed by atoms with van der Waals surface area (Å²) in [5, 5.41) is 9.31. The smallest absolute Gasteiger partial charge is 0.231 e. The zero-order valence-electron chi connectivity index (χ0n) is 15.2. The monoisotopic (exact) mass is 367 g/mol. The molecule has 8 heteroatoms. The van der Waals surface area contributed by atoms with Crippen LogP contribution < -0.4 is 0 Å². The number of aromatic nitrogens is 4. The Balaban J connectivity index is 1.66. The van der Waals surface area contributed by atoms with Crippen LogP contribution in [0.25, 0.3) is 0 Å². The summed E-state index contributed by atoms with van der Waals surface area (Å²) in [6, 6.07) is 0. The molecule has 0 bridgehead atoms. The molecule has 0 spiro atoms. The number of likely N-dealkylation sites (tertiary alicyclic amines) is 1. The van der Waals surface area contributed by atoms with Crippen LogP contribution in [0.1, 0.15) is 48.7 Å². The van der Waals surface area contributed by atoms with Crippen LogP contribution in [-0.4, -0.2) is 51.6 Å². The maximum atomic E-state index is 6.44. The number of hydrogen-bond donors (Lipinski definition) is 0. The highest BCUT2D eigenvalue weighted by molar-refractivity contribution is 6.30. The highest BCUT2D eigenvalue weighted by atomic mass is 35.5. The lowest BCUT2D eigenvalue weighted by molar-refractivity contribution is 0.179. The second kappa shape index (κ2) is 8.29. The maximum Gasteiger partial charge on any atom is 0.231 e. The van der Waals surface area contributed by atoms with Gasteiger partial charge in [0, 0.05) is 39.2 Å². The van der Waals surface area contributed by atoms with Crippen molar-refractivity contribution in [2.24, 2.45) is 7.05 Å². The molecule has 0 aromatic carbocycles. The van der Waals surface area contributed by atoms with Crippen molar-refractivity contribution in [2.45, 2.75) is 45.1 Å². The van der Waals surface area contributed by atoms with Crippen LogP contribution in [0.3, 0.4) is 0 Å². The molecule has 138 valence electrons. The SMILES string of the molecule is CCc1nn(C)c(Cl)c1CN1CCC[C@@H](c2nc(CCOC)no2)C1. The van der Waals surface area contributed by atoms with Crippen molar-refractivity contribution in [2.75, 3.05) is 26.8 Å². The lowest BCUT2D eigenvalue weighted by atomic mass is 9.97. The molecule has 1 aliphatic heterocycles.